The summed E-state index contributed by atoms with van der Waals surface area (Å²) in [5.41, 5.74) is 5.65. The molecule has 3 amide bonds. The van der Waals surface area contributed by atoms with Crippen molar-refractivity contribution in [2.75, 3.05) is 20.3 Å². The molecule has 0 saturated carbocycles. The van der Waals surface area contributed by atoms with Gasteiger partial charge < -0.3 is 19.9 Å². The van der Waals surface area contributed by atoms with Crippen LogP contribution in [0.4, 0.5) is 4.79 Å². The first-order chi connectivity index (χ1) is 13.3. The van der Waals surface area contributed by atoms with Gasteiger partial charge in [-0.05, 0) is 49.4 Å². The van der Waals surface area contributed by atoms with Crippen LogP contribution in [-0.2, 0) is 19.1 Å². The van der Waals surface area contributed by atoms with Crippen LogP contribution in [0.1, 0.15) is 19.4 Å². The molecule has 1 atom stereocenters. The highest BCUT2D eigenvalue weighted by Gasteiger charge is 2.41. The summed E-state index contributed by atoms with van der Waals surface area (Å²) >= 11 is 0.728. The summed E-state index contributed by atoms with van der Waals surface area (Å²) in [7, 11) is 1.19. The van der Waals surface area contributed by atoms with E-state index in [-0.39, 0.29) is 11.5 Å². The quantitative estimate of drug-likeness (QED) is 0.507. The number of methoxy groups -OCH3 is 1. The number of amides is 3. The van der Waals surface area contributed by atoms with Gasteiger partial charge in [0.05, 0.1) is 18.6 Å². The van der Waals surface area contributed by atoms with Gasteiger partial charge >= 0.3 is 5.97 Å². The highest BCUT2D eigenvalue weighted by atomic mass is 32.2. The first-order valence-corrected chi connectivity index (χ1v) is 9.13. The molecule has 1 aromatic carbocycles. The molecule has 0 aliphatic carbocycles. The van der Waals surface area contributed by atoms with Crippen LogP contribution < -0.4 is 15.2 Å². The number of rotatable bonds is 8. The Bertz CT molecular complexity index is 837. The van der Waals surface area contributed by atoms with Crippen molar-refractivity contribution >= 4 is 40.9 Å². The molecule has 150 valence electrons. The second-order valence-corrected chi connectivity index (χ2v) is 6.64. The van der Waals surface area contributed by atoms with Gasteiger partial charge in [-0.3, -0.25) is 19.3 Å². The van der Waals surface area contributed by atoms with Gasteiger partial charge in [0.15, 0.2) is 18.1 Å². The monoisotopic (exact) mass is 408 g/mol. The van der Waals surface area contributed by atoms with Crippen molar-refractivity contribution in [2.45, 2.75) is 19.9 Å². The number of nitrogens with two attached hydrogens (primary N) is 1. The summed E-state index contributed by atoms with van der Waals surface area (Å²) in [6.07, 6.45) is 1.51. The largest absolute Gasteiger partial charge is 0.490 e. The topological polar surface area (TPSA) is 125 Å². The molecule has 9 nitrogen and oxygen atoms in total. The fourth-order valence-corrected chi connectivity index (χ4v) is 3.30. The van der Waals surface area contributed by atoms with Crippen LogP contribution in [-0.4, -0.2) is 54.3 Å². The molecule has 0 aromatic heterocycles. The second-order valence-electron chi connectivity index (χ2n) is 5.65. The number of carbonyl (C=O) groups excluding carboxylic acids is 4. The summed E-state index contributed by atoms with van der Waals surface area (Å²) in [5, 5.41) is -0.555. The summed E-state index contributed by atoms with van der Waals surface area (Å²) in [4.78, 5) is 48.3. The molecule has 1 aliphatic rings. The fraction of sp³-hybridized carbons (Fsp3) is 0.333. The van der Waals surface area contributed by atoms with Crippen LogP contribution >= 0.6 is 11.8 Å². The van der Waals surface area contributed by atoms with Crippen molar-refractivity contribution in [3.63, 3.8) is 0 Å². The van der Waals surface area contributed by atoms with Crippen LogP contribution in [0, 0.1) is 0 Å². The maximum Gasteiger partial charge on any atom is 0.328 e. The molecule has 28 heavy (non-hydrogen) atoms. The SMILES string of the molecule is CCOc1cc(/C=C2/SC(=O)N(C(C)C(=O)OC)C2=O)ccc1OCC(N)=O. The van der Waals surface area contributed by atoms with E-state index in [9.17, 15) is 19.2 Å². The second kappa shape index (κ2) is 9.27. The molecule has 1 heterocycles. The van der Waals surface area contributed by atoms with Crippen LogP contribution in [0.5, 0.6) is 11.5 Å². The van der Waals surface area contributed by atoms with Crippen LogP contribution in [0.25, 0.3) is 6.08 Å². The van der Waals surface area contributed by atoms with E-state index >= 15 is 0 Å². The predicted octanol–water partition coefficient (Wildman–Crippen LogP) is 1.55. The lowest BCUT2D eigenvalue weighted by Crippen LogP contribution is -2.42. The molecular weight excluding hydrogens is 388 g/mol. The molecule has 0 radical (unpaired) electrons. The zero-order valence-electron chi connectivity index (χ0n) is 15.6. The van der Waals surface area contributed by atoms with Crippen molar-refractivity contribution in [3.05, 3.63) is 28.7 Å². The van der Waals surface area contributed by atoms with E-state index < -0.39 is 29.1 Å². The number of ether oxygens (including phenoxy) is 3. The molecule has 2 rings (SSSR count). The zero-order valence-corrected chi connectivity index (χ0v) is 16.4. The van der Waals surface area contributed by atoms with Gasteiger partial charge in [0.25, 0.3) is 17.1 Å². The normalized spacial score (nSPS) is 16.2. The minimum Gasteiger partial charge on any atom is -0.490 e. The molecule has 1 unspecified atom stereocenters. The van der Waals surface area contributed by atoms with Gasteiger partial charge in [-0.2, -0.15) is 0 Å². The first-order valence-electron chi connectivity index (χ1n) is 8.31. The highest BCUT2D eigenvalue weighted by molar-refractivity contribution is 8.18. The first kappa shape index (κ1) is 21.3. The molecule has 0 spiro atoms. The summed E-state index contributed by atoms with van der Waals surface area (Å²) in [6, 6.07) is 3.79. The van der Waals surface area contributed by atoms with E-state index in [1.807, 2.05) is 0 Å². The van der Waals surface area contributed by atoms with Crippen molar-refractivity contribution < 1.29 is 33.4 Å². The lowest BCUT2D eigenvalue weighted by atomic mass is 10.1. The zero-order chi connectivity index (χ0) is 20.8. The van der Waals surface area contributed by atoms with Gasteiger partial charge in [0.2, 0.25) is 0 Å². The summed E-state index contributed by atoms with van der Waals surface area (Å²) in [5.74, 6) is -1.21. The standard InChI is InChI=1S/C18H20N2O7S/c1-4-26-13-7-11(5-6-12(13)27-9-15(19)21)8-14-16(22)20(18(24)28-14)10(2)17(23)25-3/h5-8,10H,4,9H2,1-3H3,(H2,19,21)/b14-8+. The van der Waals surface area contributed by atoms with E-state index in [0.29, 0.717) is 23.7 Å². The molecule has 1 saturated heterocycles. The number of thioether (sulfide) groups is 1. The van der Waals surface area contributed by atoms with E-state index in [1.165, 1.54) is 20.1 Å². The van der Waals surface area contributed by atoms with Crippen LogP contribution in [0.15, 0.2) is 23.1 Å². The number of nitrogens with zero attached hydrogens (tertiary/aromatic N) is 1. The maximum atomic E-state index is 12.5. The Kier molecular flexibility index (Phi) is 7.05. The number of carbonyl (C=O) groups is 4. The Hall–Kier alpha value is -3.01. The molecule has 1 aliphatic heterocycles. The number of imide groups is 1. The lowest BCUT2D eigenvalue weighted by Gasteiger charge is -2.18. The van der Waals surface area contributed by atoms with Crippen molar-refractivity contribution in [1.29, 1.82) is 0 Å². The minimum atomic E-state index is -1.02. The van der Waals surface area contributed by atoms with E-state index in [1.54, 1.807) is 25.1 Å². The van der Waals surface area contributed by atoms with E-state index in [0.717, 1.165) is 16.7 Å². The Balaban J connectivity index is 2.28. The van der Waals surface area contributed by atoms with Gasteiger partial charge in [-0.1, -0.05) is 6.07 Å². The predicted molar refractivity (Wildman–Crippen MR) is 102 cm³/mol. The molecular formula is C18H20N2O7S. The van der Waals surface area contributed by atoms with Crippen molar-refractivity contribution in [3.8, 4) is 11.5 Å². The Labute approximate surface area is 165 Å². The number of hydrogen-bond donors (Lipinski definition) is 1. The average Bonchev–Trinajstić information content (AvgIpc) is 2.93. The van der Waals surface area contributed by atoms with E-state index in [2.05, 4.69) is 4.74 Å². The number of benzene rings is 1. The number of esters is 1. The number of primary amides is 1. The van der Waals surface area contributed by atoms with Gasteiger partial charge in [0.1, 0.15) is 6.04 Å². The Morgan fingerprint density at radius 2 is 1.96 bits per heavy atom. The van der Waals surface area contributed by atoms with Crippen molar-refractivity contribution in [2.24, 2.45) is 5.73 Å². The van der Waals surface area contributed by atoms with Gasteiger partial charge in [-0.15, -0.1) is 0 Å². The third kappa shape index (κ3) is 4.83. The molecule has 2 N–H and O–H groups in total. The summed E-state index contributed by atoms with van der Waals surface area (Å²) < 4.78 is 15.4. The lowest BCUT2D eigenvalue weighted by molar-refractivity contribution is -0.148. The molecule has 0 bridgehead atoms. The average molecular weight is 408 g/mol. The number of hydrogen-bond acceptors (Lipinski definition) is 8. The molecule has 1 fully saturated rings. The van der Waals surface area contributed by atoms with Crippen LogP contribution in [0.3, 0.4) is 0 Å². The van der Waals surface area contributed by atoms with E-state index in [4.69, 9.17) is 15.2 Å². The molecule has 1 aromatic rings. The Morgan fingerprint density at radius 3 is 2.57 bits per heavy atom. The van der Waals surface area contributed by atoms with Crippen LogP contribution in [0.2, 0.25) is 0 Å². The van der Waals surface area contributed by atoms with Crippen molar-refractivity contribution in [1.82, 2.24) is 4.90 Å². The van der Waals surface area contributed by atoms with Gasteiger partial charge in [0, 0.05) is 0 Å². The fourth-order valence-electron chi connectivity index (χ4n) is 2.39. The maximum absolute atomic E-state index is 12.5. The minimum absolute atomic E-state index is 0.161. The van der Waals surface area contributed by atoms with Gasteiger partial charge in [-0.25, -0.2) is 4.79 Å². The smallest absolute Gasteiger partial charge is 0.328 e. The summed E-state index contributed by atoms with van der Waals surface area (Å²) in [6.45, 7) is 3.25. The third-order valence-corrected chi connectivity index (χ3v) is 4.57. The Morgan fingerprint density at radius 1 is 1.25 bits per heavy atom. The molecule has 10 heteroatoms. The third-order valence-electron chi connectivity index (χ3n) is 3.69. The highest BCUT2D eigenvalue weighted by Crippen LogP contribution is 2.35.